The van der Waals surface area contributed by atoms with E-state index in [-0.39, 0.29) is 17.9 Å². The lowest BCUT2D eigenvalue weighted by molar-refractivity contribution is 0.0967. The summed E-state index contributed by atoms with van der Waals surface area (Å²) in [6.45, 7) is 3.35. The molecule has 0 aliphatic rings. The van der Waals surface area contributed by atoms with E-state index in [1.54, 1.807) is 12.1 Å². The molecule has 0 aliphatic heterocycles. The molecule has 2 aromatic carbocycles. The highest BCUT2D eigenvalue weighted by molar-refractivity contribution is 5.97. The molecule has 21 heavy (non-hydrogen) atoms. The second-order valence-electron chi connectivity index (χ2n) is 5.25. The molecule has 0 amide bonds. The molecule has 2 N–H and O–H groups in total. The molecule has 0 bridgehead atoms. The van der Waals surface area contributed by atoms with Gasteiger partial charge >= 0.3 is 0 Å². The predicted octanol–water partition coefficient (Wildman–Crippen LogP) is 4.23. The van der Waals surface area contributed by atoms with Crippen molar-refractivity contribution in [1.82, 2.24) is 0 Å². The Balaban J connectivity index is 2.22. The number of Topliss-reactive ketones (excluding diaryl/α,β-unsaturated/α-hetero) is 1. The molecule has 0 saturated carbocycles. The lowest BCUT2D eigenvalue weighted by Crippen LogP contribution is -2.10. The first-order chi connectivity index (χ1) is 9.90. The largest absolute Gasteiger partial charge is 0.399 e. The Bertz CT molecular complexity index is 665. The van der Waals surface area contributed by atoms with Gasteiger partial charge in [0.1, 0.15) is 11.6 Å². The number of rotatable bonds is 4. The summed E-state index contributed by atoms with van der Waals surface area (Å²) in [6, 6.07) is 9.56. The third-order valence-corrected chi connectivity index (χ3v) is 3.56. The van der Waals surface area contributed by atoms with Gasteiger partial charge in [0.2, 0.25) is 0 Å². The van der Waals surface area contributed by atoms with Gasteiger partial charge in [0, 0.05) is 12.1 Å². The Morgan fingerprint density at radius 1 is 1.14 bits per heavy atom. The average Bonchev–Trinajstić information content (AvgIpc) is 2.44. The Labute approximate surface area is 122 Å². The van der Waals surface area contributed by atoms with Gasteiger partial charge in [-0.1, -0.05) is 25.1 Å². The molecular formula is C17H17F2NO. The van der Waals surface area contributed by atoms with Crippen molar-refractivity contribution in [3.05, 3.63) is 64.7 Å². The molecule has 0 saturated heterocycles. The zero-order valence-corrected chi connectivity index (χ0v) is 12.0. The van der Waals surface area contributed by atoms with E-state index in [0.717, 1.165) is 11.6 Å². The minimum absolute atomic E-state index is 0.0429. The first-order valence-corrected chi connectivity index (χ1v) is 6.73. The Kier molecular flexibility index (Phi) is 4.36. The molecule has 2 aromatic rings. The van der Waals surface area contributed by atoms with E-state index < -0.39 is 23.0 Å². The number of nitrogens with two attached hydrogens (primary N) is 1. The Hall–Kier alpha value is -2.23. The molecule has 2 nitrogen and oxygen atoms in total. The fourth-order valence-corrected chi connectivity index (χ4v) is 2.23. The highest BCUT2D eigenvalue weighted by Gasteiger charge is 2.21. The SMILES string of the molecule is Cc1ccc(F)c(C(=O)CC(C)c2ccc(N)cc2)c1F. The maximum absolute atomic E-state index is 13.9. The zero-order chi connectivity index (χ0) is 15.6. The number of carbonyl (C=O) groups is 1. The van der Waals surface area contributed by atoms with Crippen molar-refractivity contribution in [2.24, 2.45) is 0 Å². The van der Waals surface area contributed by atoms with E-state index in [1.165, 1.54) is 13.0 Å². The summed E-state index contributed by atoms with van der Waals surface area (Å²) in [5.74, 6) is -2.26. The van der Waals surface area contributed by atoms with Gasteiger partial charge in [-0.3, -0.25) is 4.79 Å². The van der Waals surface area contributed by atoms with E-state index in [4.69, 9.17) is 5.73 Å². The van der Waals surface area contributed by atoms with Gasteiger partial charge < -0.3 is 5.73 Å². The van der Waals surface area contributed by atoms with Gasteiger partial charge in [-0.15, -0.1) is 0 Å². The van der Waals surface area contributed by atoms with E-state index in [2.05, 4.69) is 0 Å². The molecule has 0 aliphatic carbocycles. The van der Waals surface area contributed by atoms with E-state index in [1.807, 2.05) is 19.1 Å². The van der Waals surface area contributed by atoms with Crippen LogP contribution in [0.3, 0.4) is 0 Å². The third kappa shape index (κ3) is 3.27. The van der Waals surface area contributed by atoms with Crippen molar-refractivity contribution in [1.29, 1.82) is 0 Å². The number of ketones is 1. The summed E-state index contributed by atoms with van der Waals surface area (Å²) in [5, 5.41) is 0. The van der Waals surface area contributed by atoms with Crippen LogP contribution in [0.15, 0.2) is 36.4 Å². The molecule has 1 unspecified atom stereocenters. The quantitative estimate of drug-likeness (QED) is 0.676. The number of benzene rings is 2. The lowest BCUT2D eigenvalue weighted by atomic mass is 9.92. The standard InChI is InChI=1S/C17H17F2NO/c1-10-3-8-14(18)16(17(10)19)15(21)9-11(2)12-4-6-13(20)7-5-12/h3-8,11H,9,20H2,1-2H3. The number of nitrogen functional groups attached to an aromatic ring is 1. The van der Waals surface area contributed by atoms with Gasteiger partial charge in [0.15, 0.2) is 5.78 Å². The van der Waals surface area contributed by atoms with Crippen molar-refractivity contribution in [2.75, 3.05) is 5.73 Å². The summed E-state index contributed by atoms with van der Waals surface area (Å²) in [4.78, 5) is 12.2. The lowest BCUT2D eigenvalue weighted by Gasteiger charge is -2.13. The molecule has 2 rings (SSSR count). The second kappa shape index (κ2) is 6.04. The minimum Gasteiger partial charge on any atom is -0.399 e. The number of carbonyl (C=O) groups excluding carboxylic acids is 1. The molecule has 0 aromatic heterocycles. The number of aryl methyl sites for hydroxylation is 1. The number of anilines is 1. The van der Waals surface area contributed by atoms with Crippen molar-refractivity contribution in [3.8, 4) is 0 Å². The van der Waals surface area contributed by atoms with Crippen molar-refractivity contribution < 1.29 is 13.6 Å². The van der Waals surface area contributed by atoms with Crippen LogP contribution in [0.1, 0.15) is 40.7 Å². The van der Waals surface area contributed by atoms with Gasteiger partial charge in [-0.05, 0) is 42.2 Å². The van der Waals surface area contributed by atoms with Gasteiger partial charge in [-0.25, -0.2) is 8.78 Å². The molecule has 1 atom stereocenters. The third-order valence-electron chi connectivity index (χ3n) is 3.56. The fraction of sp³-hybridized carbons (Fsp3) is 0.235. The van der Waals surface area contributed by atoms with E-state index in [9.17, 15) is 13.6 Å². The van der Waals surface area contributed by atoms with Crippen LogP contribution in [0.4, 0.5) is 14.5 Å². The highest BCUT2D eigenvalue weighted by atomic mass is 19.1. The molecule has 0 radical (unpaired) electrons. The first-order valence-electron chi connectivity index (χ1n) is 6.73. The number of hydrogen-bond donors (Lipinski definition) is 1. The van der Waals surface area contributed by atoms with Crippen LogP contribution in [-0.4, -0.2) is 5.78 Å². The van der Waals surface area contributed by atoms with Crippen LogP contribution < -0.4 is 5.73 Å². The zero-order valence-electron chi connectivity index (χ0n) is 12.0. The summed E-state index contributed by atoms with van der Waals surface area (Å²) in [7, 11) is 0. The van der Waals surface area contributed by atoms with Crippen LogP contribution in [-0.2, 0) is 0 Å². The number of hydrogen-bond acceptors (Lipinski definition) is 2. The smallest absolute Gasteiger partial charge is 0.169 e. The molecule has 0 spiro atoms. The summed E-state index contributed by atoms with van der Waals surface area (Å²) < 4.78 is 27.7. The minimum atomic E-state index is -0.812. The second-order valence-corrected chi connectivity index (χ2v) is 5.25. The summed E-state index contributed by atoms with van der Waals surface area (Å²) in [6.07, 6.45) is 0.0429. The molecule has 0 fully saturated rings. The van der Waals surface area contributed by atoms with Crippen LogP contribution in [0.5, 0.6) is 0 Å². The van der Waals surface area contributed by atoms with Crippen molar-refractivity contribution in [2.45, 2.75) is 26.2 Å². The molecular weight excluding hydrogens is 272 g/mol. The van der Waals surface area contributed by atoms with Crippen molar-refractivity contribution in [3.63, 3.8) is 0 Å². The summed E-state index contributed by atoms with van der Waals surface area (Å²) in [5.41, 5.74) is 6.97. The van der Waals surface area contributed by atoms with Gasteiger partial charge in [0.25, 0.3) is 0 Å². The maximum atomic E-state index is 13.9. The Morgan fingerprint density at radius 3 is 2.38 bits per heavy atom. The van der Waals surface area contributed by atoms with E-state index >= 15 is 0 Å². The normalized spacial score (nSPS) is 12.2. The predicted molar refractivity (Wildman–Crippen MR) is 79.3 cm³/mol. The molecule has 110 valence electrons. The van der Waals surface area contributed by atoms with Crippen LogP contribution in [0.25, 0.3) is 0 Å². The van der Waals surface area contributed by atoms with Crippen LogP contribution in [0.2, 0.25) is 0 Å². The van der Waals surface area contributed by atoms with Gasteiger partial charge in [0.05, 0.1) is 5.56 Å². The maximum Gasteiger partial charge on any atom is 0.169 e. The highest BCUT2D eigenvalue weighted by Crippen LogP contribution is 2.25. The summed E-state index contributed by atoms with van der Waals surface area (Å²) >= 11 is 0. The monoisotopic (exact) mass is 289 g/mol. The first kappa shape index (κ1) is 15.2. The van der Waals surface area contributed by atoms with Crippen LogP contribution in [0, 0.1) is 18.6 Å². The Morgan fingerprint density at radius 2 is 1.76 bits per heavy atom. The van der Waals surface area contributed by atoms with E-state index in [0.29, 0.717) is 5.69 Å². The average molecular weight is 289 g/mol. The fourth-order valence-electron chi connectivity index (χ4n) is 2.23. The van der Waals surface area contributed by atoms with Crippen LogP contribution >= 0.6 is 0 Å². The van der Waals surface area contributed by atoms with Gasteiger partial charge in [-0.2, -0.15) is 0 Å². The molecule has 4 heteroatoms. The topological polar surface area (TPSA) is 43.1 Å². The number of halogens is 2. The molecule has 0 heterocycles. The van der Waals surface area contributed by atoms with Crippen molar-refractivity contribution >= 4 is 11.5 Å².